The van der Waals surface area contributed by atoms with Gasteiger partial charge in [0.1, 0.15) is 0 Å². The first-order chi connectivity index (χ1) is 7.12. The molecule has 0 spiro atoms. The van der Waals surface area contributed by atoms with Crippen LogP contribution in [0.3, 0.4) is 0 Å². The molecule has 0 aliphatic heterocycles. The van der Waals surface area contributed by atoms with Crippen molar-refractivity contribution < 1.29 is 5.11 Å². The van der Waals surface area contributed by atoms with Crippen LogP contribution in [0.5, 0.6) is 0 Å². The summed E-state index contributed by atoms with van der Waals surface area (Å²) in [4.78, 5) is 0. The van der Waals surface area contributed by atoms with Gasteiger partial charge in [0.05, 0.1) is 6.10 Å². The van der Waals surface area contributed by atoms with Crippen LogP contribution in [0, 0.1) is 11.3 Å². The molecular formula is C14H28O. The van der Waals surface area contributed by atoms with E-state index in [9.17, 15) is 5.11 Å². The molecule has 1 N–H and O–H groups in total. The van der Waals surface area contributed by atoms with E-state index >= 15 is 0 Å². The Kier molecular flexibility index (Phi) is 5.11. The van der Waals surface area contributed by atoms with Crippen molar-refractivity contribution in [3.8, 4) is 0 Å². The summed E-state index contributed by atoms with van der Waals surface area (Å²) in [6.45, 7) is 7.07. The van der Waals surface area contributed by atoms with Crippen molar-refractivity contribution in [3.63, 3.8) is 0 Å². The van der Waals surface area contributed by atoms with Gasteiger partial charge in [0.2, 0.25) is 0 Å². The fourth-order valence-electron chi connectivity index (χ4n) is 3.45. The van der Waals surface area contributed by atoms with Gasteiger partial charge in [-0.1, -0.05) is 33.6 Å². The molecule has 0 atom stereocenters. The molecule has 15 heavy (non-hydrogen) atoms. The van der Waals surface area contributed by atoms with Crippen LogP contribution in [0.2, 0.25) is 0 Å². The fourth-order valence-corrected chi connectivity index (χ4v) is 3.45. The minimum Gasteiger partial charge on any atom is -0.393 e. The molecule has 0 unspecified atom stereocenters. The largest absolute Gasteiger partial charge is 0.393 e. The van der Waals surface area contributed by atoms with Crippen LogP contribution in [0.1, 0.15) is 72.1 Å². The van der Waals surface area contributed by atoms with E-state index < -0.39 is 0 Å². The van der Waals surface area contributed by atoms with Crippen LogP contribution in [0.4, 0.5) is 0 Å². The molecule has 1 heteroatoms. The zero-order valence-electron chi connectivity index (χ0n) is 10.8. The monoisotopic (exact) mass is 212 g/mol. The summed E-state index contributed by atoms with van der Waals surface area (Å²) in [5.41, 5.74) is 0.545. The molecule has 0 bridgehead atoms. The van der Waals surface area contributed by atoms with Crippen molar-refractivity contribution in [3.05, 3.63) is 0 Å². The van der Waals surface area contributed by atoms with E-state index in [-0.39, 0.29) is 6.10 Å². The van der Waals surface area contributed by atoms with Crippen LogP contribution in [0.25, 0.3) is 0 Å². The van der Waals surface area contributed by atoms with Gasteiger partial charge in [-0.2, -0.15) is 0 Å². The average Bonchev–Trinajstić information content (AvgIpc) is 2.19. The highest BCUT2D eigenvalue weighted by Crippen LogP contribution is 2.44. The van der Waals surface area contributed by atoms with Gasteiger partial charge >= 0.3 is 0 Å². The summed E-state index contributed by atoms with van der Waals surface area (Å²) in [7, 11) is 0. The van der Waals surface area contributed by atoms with E-state index in [0.29, 0.717) is 5.41 Å². The van der Waals surface area contributed by atoms with E-state index in [0.717, 1.165) is 18.8 Å². The Labute approximate surface area is 95.3 Å². The standard InChI is InChI=1S/C14H28O/c1-4-10-14(3,11-5-2)12-6-8-13(15)9-7-12/h12-13,15H,4-11H2,1-3H3. The van der Waals surface area contributed by atoms with Gasteiger partial charge in [-0.05, 0) is 49.9 Å². The molecule has 0 radical (unpaired) electrons. The van der Waals surface area contributed by atoms with E-state index in [2.05, 4.69) is 20.8 Å². The molecule has 1 aliphatic carbocycles. The summed E-state index contributed by atoms with van der Waals surface area (Å²) in [6, 6.07) is 0. The Balaban J connectivity index is 2.55. The predicted molar refractivity (Wildman–Crippen MR) is 65.9 cm³/mol. The third-order valence-corrected chi connectivity index (χ3v) is 4.32. The maximum absolute atomic E-state index is 9.55. The van der Waals surface area contributed by atoms with Gasteiger partial charge in [-0.15, -0.1) is 0 Å². The van der Waals surface area contributed by atoms with Crippen molar-refractivity contribution in [2.45, 2.75) is 78.2 Å². The summed E-state index contributed by atoms with van der Waals surface area (Å²) >= 11 is 0. The zero-order chi connectivity index (χ0) is 11.3. The van der Waals surface area contributed by atoms with Crippen LogP contribution in [-0.2, 0) is 0 Å². The maximum Gasteiger partial charge on any atom is 0.0540 e. The number of rotatable bonds is 5. The highest BCUT2D eigenvalue weighted by Gasteiger charge is 2.34. The molecule has 0 aromatic heterocycles. The van der Waals surface area contributed by atoms with Crippen molar-refractivity contribution in [2.24, 2.45) is 11.3 Å². The lowest BCUT2D eigenvalue weighted by molar-refractivity contribution is 0.0477. The molecular weight excluding hydrogens is 184 g/mol. The first kappa shape index (κ1) is 13.0. The SMILES string of the molecule is CCCC(C)(CCC)C1CCC(O)CC1. The average molecular weight is 212 g/mol. The summed E-state index contributed by atoms with van der Waals surface area (Å²) in [5.74, 6) is 0.862. The zero-order valence-corrected chi connectivity index (χ0v) is 10.8. The van der Waals surface area contributed by atoms with Crippen molar-refractivity contribution >= 4 is 0 Å². The van der Waals surface area contributed by atoms with Crippen molar-refractivity contribution in [1.82, 2.24) is 0 Å². The fraction of sp³-hybridized carbons (Fsp3) is 1.00. The van der Waals surface area contributed by atoms with Gasteiger partial charge in [0, 0.05) is 0 Å². The smallest absolute Gasteiger partial charge is 0.0540 e. The molecule has 1 saturated carbocycles. The van der Waals surface area contributed by atoms with E-state index in [1.54, 1.807) is 0 Å². The Hall–Kier alpha value is -0.0400. The van der Waals surface area contributed by atoms with Gasteiger partial charge in [-0.3, -0.25) is 0 Å². The molecule has 90 valence electrons. The number of hydrogen-bond acceptors (Lipinski definition) is 1. The van der Waals surface area contributed by atoms with Crippen LogP contribution in [-0.4, -0.2) is 11.2 Å². The lowest BCUT2D eigenvalue weighted by Crippen LogP contribution is -2.32. The highest BCUT2D eigenvalue weighted by atomic mass is 16.3. The predicted octanol–water partition coefficient (Wildman–Crippen LogP) is 4.14. The Morgan fingerprint density at radius 3 is 1.87 bits per heavy atom. The Morgan fingerprint density at radius 2 is 1.47 bits per heavy atom. The third-order valence-electron chi connectivity index (χ3n) is 4.32. The summed E-state index contributed by atoms with van der Waals surface area (Å²) in [6.07, 6.45) is 9.89. The van der Waals surface area contributed by atoms with E-state index in [1.165, 1.54) is 38.5 Å². The molecule has 1 aliphatic rings. The highest BCUT2D eigenvalue weighted by molar-refractivity contribution is 4.85. The third kappa shape index (κ3) is 3.48. The van der Waals surface area contributed by atoms with Crippen molar-refractivity contribution in [2.75, 3.05) is 0 Å². The van der Waals surface area contributed by atoms with E-state index in [4.69, 9.17) is 0 Å². The second-order valence-corrected chi connectivity index (χ2v) is 5.66. The summed E-state index contributed by atoms with van der Waals surface area (Å²) < 4.78 is 0. The van der Waals surface area contributed by atoms with Crippen LogP contribution >= 0.6 is 0 Å². The normalized spacial score (nSPS) is 28.0. The minimum absolute atomic E-state index is 0.00578. The quantitative estimate of drug-likeness (QED) is 0.726. The maximum atomic E-state index is 9.55. The van der Waals surface area contributed by atoms with Gasteiger partial charge in [0.15, 0.2) is 0 Å². The molecule has 0 amide bonds. The molecule has 1 rings (SSSR count). The molecule has 0 heterocycles. The minimum atomic E-state index is -0.00578. The van der Waals surface area contributed by atoms with Gasteiger partial charge in [0.25, 0.3) is 0 Å². The second-order valence-electron chi connectivity index (χ2n) is 5.66. The lowest BCUT2D eigenvalue weighted by Gasteiger charge is -2.41. The first-order valence-corrected chi connectivity index (χ1v) is 6.80. The molecule has 0 aromatic rings. The summed E-state index contributed by atoms with van der Waals surface area (Å²) in [5, 5.41) is 9.55. The Morgan fingerprint density at radius 1 is 1.00 bits per heavy atom. The number of aliphatic hydroxyl groups excluding tert-OH is 1. The van der Waals surface area contributed by atoms with E-state index in [1.807, 2.05) is 0 Å². The van der Waals surface area contributed by atoms with Crippen molar-refractivity contribution in [1.29, 1.82) is 0 Å². The molecule has 0 aromatic carbocycles. The van der Waals surface area contributed by atoms with Gasteiger partial charge in [-0.25, -0.2) is 0 Å². The number of hydrogen-bond donors (Lipinski definition) is 1. The topological polar surface area (TPSA) is 20.2 Å². The Bertz CT molecular complexity index is 162. The van der Waals surface area contributed by atoms with Gasteiger partial charge < -0.3 is 5.11 Å². The second kappa shape index (κ2) is 5.89. The van der Waals surface area contributed by atoms with Crippen LogP contribution < -0.4 is 0 Å². The lowest BCUT2D eigenvalue weighted by atomic mass is 9.65. The van der Waals surface area contributed by atoms with Crippen LogP contribution in [0.15, 0.2) is 0 Å². The first-order valence-electron chi connectivity index (χ1n) is 6.80. The molecule has 1 fully saturated rings. The molecule has 0 saturated heterocycles. The molecule has 1 nitrogen and oxygen atoms in total. The number of aliphatic hydroxyl groups is 1.